The second-order valence-electron chi connectivity index (χ2n) is 6.32. The van der Waals surface area contributed by atoms with Gasteiger partial charge in [0.1, 0.15) is 11.3 Å². The highest BCUT2D eigenvalue weighted by atomic mass is 35.5. The maximum Gasteiger partial charge on any atom is 0.160 e. The van der Waals surface area contributed by atoms with Gasteiger partial charge in [-0.1, -0.05) is 0 Å². The van der Waals surface area contributed by atoms with Crippen molar-refractivity contribution in [3.63, 3.8) is 0 Å². The summed E-state index contributed by atoms with van der Waals surface area (Å²) in [4.78, 5) is 11.8. The number of hydrogen-bond acceptors (Lipinski definition) is 3. The number of rotatable bonds is 2. The topological polar surface area (TPSA) is 34.0 Å². The number of halogens is 1. The molecular formula is C16H23ClN4. The molecule has 3 rings (SSSR count). The summed E-state index contributed by atoms with van der Waals surface area (Å²) in [5.74, 6) is 0.950. The first-order chi connectivity index (χ1) is 9.97. The third-order valence-corrected chi connectivity index (χ3v) is 4.79. The summed E-state index contributed by atoms with van der Waals surface area (Å²) in [6, 6.07) is 3.11. The van der Waals surface area contributed by atoms with Crippen LogP contribution in [-0.4, -0.2) is 39.1 Å². The van der Waals surface area contributed by atoms with Crippen LogP contribution in [-0.2, 0) is 0 Å². The molecule has 0 saturated carbocycles. The Morgan fingerprint density at radius 1 is 1.43 bits per heavy atom. The van der Waals surface area contributed by atoms with E-state index in [-0.39, 0.29) is 5.38 Å². The van der Waals surface area contributed by atoms with Gasteiger partial charge >= 0.3 is 0 Å². The van der Waals surface area contributed by atoms with Crippen molar-refractivity contribution in [2.75, 3.05) is 13.6 Å². The molecule has 114 valence electrons. The molecule has 0 aliphatic carbocycles. The lowest BCUT2D eigenvalue weighted by Gasteiger charge is -2.36. The second-order valence-corrected chi connectivity index (χ2v) is 6.97. The Morgan fingerprint density at radius 2 is 2.19 bits per heavy atom. The van der Waals surface area contributed by atoms with Gasteiger partial charge in [0.2, 0.25) is 0 Å². The largest absolute Gasteiger partial charge is 0.308 e. The van der Waals surface area contributed by atoms with Gasteiger partial charge in [0.05, 0.1) is 5.38 Å². The molecule has 1 fully saturated rings. The summed E-state index contributed by atoms with van der Waals surface area (Å²) in [5.41, 5.74) is 3.08. The van der Waals surface area contributed by atoms with Crippen LogP contribution in [0.4, 0.5) is 0 Å². The fourth-order valence-corrected chi connectivity index (χ4v) is 3.39. The van der Waals surface area contributed by atoms with Gasteiger partial charge in [-0.3, -0.25) is 0 Å². The van der Waals surface area contributed by atoms with Crippen LogP contribution in [0, 0.1) is 6.92 Å². The molecule has 1 aliphatic heterocycles. The molecule has 3 atom stereocenters. The van der Waals surface area contributed by atoms with E-state index in [9.17, 15) is 0 Å². The van der Waals surface area contributed by atoms with E-state index in [2.05, 4.69) is 34.5 Å². The van der Waals surface area contributed by atoms with Gasteiger partial charge in [-0.25, -0.2) is 9.97 Å². The molecule has 0 N–H and O–H groups in total. The van der Waals surface area contributed by atoms with Crippen LogP contribution in [0.5, 0.6) is 0 Å². The number of alkyl halides is 1. The predicted molar refractivity (Wildman–Crippen MR) is 86.9 cm³/mol. The van der Waals surface area contributed by atoms with Gasteiger partial charge < -0.3 is 9.47 Å². The molecule has 4 nitrogen and oxygen atoms in total. The first-order valence-corrected chi connectivity index (χ1v) is 8.09. The molecule has 0 amide bonds. The Bertz CT molecular complexity index is 649. The van der Waals surface area contributed by atoms with Crippen molar-refractivity contribution >= 4 is 22.8 Å². The number of fused-ring (bicyclic) bond motifs is 1. The van der Waals surface area contributed by atoms with Crippen molar-refractivity contribution in [3.05, 3.63) is 23.7 Å². The lowest BCUT2D eigenvalue weighted by atomic mass is 9.98. The third-order valence-electron chi connectivity index (χ3n) is 4.60. The van der Waals surface area contributed by atoms with E-state index in [0.717, 1.165) is 41.9 Å². The van der Waals surface area contributed by atoms with E-state index in [4.69, 9.17) is 16.6 Å². The zero-order chi connectivity index (χ0) is 15.1. The molecular weight excluding hydrogens is 284 g/mol. The van der Waals surface area contributed by atoms with Crippen molar-refractivity contribution in [1.82, 2.24) is 19.4 Å². The van der Waals surface area contributed by atoms with E-state index >= 15 is 0 Å². The third kappa shape index (κ3) is 2.67. The first-order valence-electron chi connectivity index (χ1n) is 7.66. The molecule has 5 heteroatoms. The monoisotopic (exact) mass is 306 g/mol. The quantitative estimate of drug-likeness (QED) is 0.793. The molecule has 1 aliphatic rings. The number of hydrogen-bond donors (Lipinski definition) is 0. The van der Waals surface area contributed by atoms with Crippen LogP contribution >= 0.6 is 11.6 Å². The first kappa shape index (κ1) is 14.8. The average Bonchev–Trinajstić information content (AvgIpc) is 2.80. The van der Waals surface area contributed by atoms with Crippen molar-refractivity contribution in [2.24, 2.45) is 0 Å². The fraction of sp³-hybridized carbons (Fsp3) is 0.625. The van der Waals surface area contributed by atoms with Crippen LogP contribution in [0.1, 0.15) is 49.5 Å². The number of pyridine rings is 1. The number of nitrogens with zero attached hydrogens (tertiary/aromatic N) is 4. The van der Waals surface area contributed by atoms with Gasteiger partial charge in [-0.15, -0.1) is 11.6 Å². The van der Waals surface area contributed by atoms with Gasteiger partial charge in [0.25, 0.3) is 0 Å². The molecule has 0 aromatic carbocycles. The van der Waals surface area contributed by atoms with Crippen LogP contribution in [0.2, 0.25) is 0 Å². The van der Waals surface area contributed by atoms with Gasteiger partial charge in [0, 0.05) is 24.8 Å². The summed E-state index contributed by atoms with van der Waals surface area (Å²) >= 11 is 6.38. The lowest BCUT2D eigenvalue weighted by molar-refractivity contribution is 0.157. The van der Waals surface area contributed by atoms with Crippen LogP contribution < -0.4 is 0 Å². The number of likely N-dealkylation sites (tertiary alicyclic amines) is 1. The van der Waals surface area contributed by atoms with E-state index in [1.165, 1.54) is 0 Å². The van der Waals surface area contributed by atoms with Crippen molar-refractivity contribution < 1.29 is 0 Å². The van der Waals surface area contributed by atoms with Crippen molar-refractivity contribution in [1.29, 1.82) is 0 Å². The standard InChI is InChI=1S/C16H23ClN4/c1-10-7-14-16(18-9-10)21(15(19-14)12(3)17)13-5-6-20(4)11(2)8-13/h7,9,11-13H,5-6,8H2,1-4H3. The Hall–Kier alpha value is -1.13. The smallest absolute Gasteiger partial charge is 0.160 e. The molecule has 2 aromatic heterocycles. The minimum atomic E-state index is -0.102. The van der Waals surface area contributed by atoms with Crippen molar-refractivity contribution in [2.45, 2.75) is 51.1 Å². The summed E-state index contributed by atoms with van der Waals surface area (Å²) in [6.45, 7) is 7.43. The molecule has 1 saturated heterocycles. The Labute approximate surface area is 131 Å². The lowest BCUT2D eigenvalue weighted by Crippen LogP contribution is -2.38. The zero-order valence-electron chi connectivity index (χ0n) is 13.2. The van der Waals surface area contributed by atoms with Gasteiger partial charge in [0.15, 0.2) is 5.65 Å². The minimum Gasteiger partial charge on any atom is -0.308 e. The van der Waals surface area contributed by atoms with E-state index < -0.39 is 0 Å². The summed E-state index contributed by atoms with van der Waals surface area (Å²) in [6.07, 6.45) is 4.16. The Morgan fingerprint density at radius 3 is 2.86 bits per heavy atom. The number of aryl methyl sites for hydroxylation is 1. The maximum atomic E-state index is 6.38. The number of piperidine rings is 1. The van der Waals surface area contributed by atoms with E-state index in [1.54, 1.807) is 0 Å². The van der Waals surface area contributed by atoms with Crippen molar-refractivity contribution in [3.8, 4) is 0 Å². The summed E-state index contributed by atoms with van der Waals surface area (Å²) in [7, 11) is 2.19. The molecule has 3 unspecified atom stereocenters. The highest BCUT2D eigenvalue weighted by Gasteiger charge is 2.28. The SMILES string of the molecule is Cc1cnc2c(c1)nc(C(C)Cl)n2C1CCN(C)C(C)C1. The van der Waals surface area contributed by atoms with Crippen LogP contribution in [0.3, 0.4) is 0 Å². The normalized spacial score (nSPS) is 25.4. The highest BCUT2D eigenvalue weighted by molar-refractivity contribution is 6.20. The average molecular weight is 307 g/mol. The molecule has 0 radical (unpaired) electrons. The summed E-state index contributed by atoms with van der Waals surface area (Å²) in [5, 5.41) is -0.102. The molecule has 0 bridgehead atoms. The minimum absolute atomic E-state index is 0.102. The Kier molecular flexibility index (Phi) is 3.93. The van der Waals surface area contributed by atoms with E-state index in [0.29, 0.717) is 12.1 Å². The Balaban J connectivity index is 2.09. The van der Waals surface area contributed by atoms with Crippen LogP contribution in [0.25, 0.3) is 11.2 Å². The van der Waals surface area contributed by atoms with Crippen LogP contribution in [0.15, 0.2) is 12.3 Å². The van der Waals surface area contributed by atoms with Gasteiger partial charge in [-0.05, 0) is 52.3 Å². The highest BCUT2D eigenvalue weighted by Crippen LogP contribution is 2.33. The predicted octanol–water partition coefficient (Wildman–Crippen LogP) is 3.69. The maximum absolute atomic E-state index is 6.38. The molecule has 0 spiro atoms. The van der Waals surface area contributed by atoms with Gasteiger partial charge in [-0.2, -0.15) is 0 Å². The zero-order valence-corrected chi connectivity index (χ0v) is 13.9. The fourth-order valence-electron chi connectivity index (χ4n) is 3.24. The molecule has 2 aromatic rings. The molecule has 21 heavy (non-hydrogen) atoms. The second kappa shape index (κ2) is 5.58. The number of imidazole rings is 1. The summed E-state index contributed by atoms with van der Waals surface area (Å²) < 4.78 is 2.29. The van der Waals surface area contributed by atoms with E-state index in [1.807, 2.05) is 20.0 Å². The number of aromatic nitrogens is 3. The molecule has 3 heterocycles.